The number of nitrogens with zero attached hydrogens (tertiary/aromatic N) is 2. The highest BCUT2D eigenvalue weighted by atomic mass is 19.1. The van der Waals surface area contributed by atoms with E-state index in [9.17, 15) is 9.18 Å². The number of amides is 1. The van der Waals surface area contributed by atoms with Crippen molar-refractivity contribution in [2.24, 2.45) is 0 Å². The molecule has 0 bridgehead atoms. The predicted molar refractivity (Wildman–Crippen MR) is 75.8 cm³/mol. The smallest absolute Gasteiger partial charge is 0.410 e. The van der Waals surface area contributed by atoms with Gasteiger partial charge in [0, 0.05) is 12.6 Å². The summed E-state index contributed by atoms with van der Waals surface area (Å²) in [7, 11) is 0. The number of ether oxygens (including phenoxy) is 2. The molecule has 116 valence electrons. The number of hydrogen-bond donors (Lipinski definition) is 0. The Kier molecular flexibility index (Phi) is 4.34. The first kappa shape index (κ1) is 15.5. The first-order valence-electron chi connectivity index (χ1n) is 7.01. The van der Waals surface area contributed by atoms with Crippen LogP contribution in [0.25, 0.3) is 0 Å². The van der Waals surface area contributed by atoms with Gasteiger partial charge in [0.25, 0.3) is 0 Å². The second kappa shape index (κ2) is 5.87. The van der Waals surface area contributed by atoms with Crippen LogP contribution in [0.1, 0.15) is 32.9 Å². The summed E-state index contributed by atoms with van der Waals surface area (Å²) >= 11 is 0. The number of rotatable bonds is 3. The molecule has 6 heteroatoms. The summed E-state index contributed by atoms with van der Waals surface area (Å²) in [4.78, 5) is 17.5. The molecule has 1 aromatic heterocycles. The van der Waals surface area contributed by atoms with E-state index in [1.807, 2.05) is 20.8 Å². The van der Waals surface area contributed by atoms with Crippen molar-refractivity contribution in [2.45, 2.75) is 45.8 Å². The Hall–Kier alpha value is -1.85. The van der Waals surface area contributed by atoms with Crippen LogP contribution < -0.4 is 4.74 Å². The van der Waals surface area contributed by atoms with Gasteiger partial charge < -0.3 is 14.4 Å². The molecule has 0 unspecified atom stereocenters. The van der Waals surface area contributed by atoms with Gasteiger partial charge in [-0.2, -0.15) is 0 Å². The zero-order chi connectivity index (χ0) is 15.6. The van der Waals surface area contributed by atoms with E-state index < -0.39 is 11.4 Å². The molecule has 2 rings (SSSR count). The molecule has 1 aliphatic rings. The van der Waals surface area contributed by atoms with Gasteiger partial charge in [-0.1, -0.05) is 0 Å². The molecule has 0 N–H and O–H groups in total. The molecule has 1 amide bonds. The Bertz CT molecular complexity index is 528. The molecule has 0 saturated carbocycles. The summed E-state index contributed by atoms with van der Waals surface area (Å²) in [6.45, 7) is 8.05. The third-order valence-corrected chi connectivity index (χ3v) is 3.21. The molecular formula is C15H21FN2O3. The molecule has 0 radical (unpaired) electrons. The Morgan fingerprint density at radius 2 is 2.24 bits per heavy atom. The quantitative estimate of drug-likeness (QED) is 0.860. The molecule has 21 heavy (non-hydrogen) atoms. The fourth-order valence-electron chi connectivity index (χ4n) is 1.94. The minimum atomic E-state index is -0.512. The topological polar surface area (TPSA) is 51.7 Å². The first-order chi connectivity index (χ1) is 9.76. The maximum Gasteiger partial charge on any atom is 0.410 e. The zero-order valence-electron chi connectivity index (χ0n) is 12.9. The van der Waals surface area contributed by atoms with Gasteiger partial charge >= 0.3 is 6.09 Å². The molecular weight excluding hydrogens is 275 g/mol. The van der Waals surface area contributed by atoms with E-state index in [-0.39, 0.29) is 12.1 Å². The third kappa shape index (κ3) is 4.06. The molecule has 0 aromatic carbocycles. The van der Waals surface area contributed by atoms with Crippen molar-refractivity contribution < 1.29 is 18.7 Å². The van der Waals surface area contributed by atoms with Crippen LogP contribution in [0.3, 0.4) is 0 Å². The average molecular weight is 296 g/mol. The SMILES string of the molecule is Cc1ncc(OC[C@@H]2CCN2C(=O)OC(C)(C)C)cc1F. The number of halogens is 1. The highest BCUT2D eigenvalue weighted by molar-refractivity contribution is 5.69. The van der Waals surface area contributed by atoms with Crippen LogP contribution in [0.15, 0.2) is 12.3 Å². The number of carbonyl (C=O) groups is 1. The number of pyridine rings is 1. The predicted octanol–water partition coefficient (Wildman–Crippen LogP) is 2.92. The van der Waals surface area contributed by atoms with Crippen LogP contribution in [-0.4, -0.2) is 40.8 Å². The van der Waals surface area contributed by atoms with E-state index >= 15 is 0 Å². The van der Waals surface area contributed by atoms with Crippen molar-refractivity contribution in [1.29, 1.82) is 0 Å². The molecule has 1 fully saturated rings. The van der Waals surface area contributed by atoms with Crippen molar-refractivity contribution in [1.82, 2.24) is 9.88 Å². The van der Waals surface area contributed by atoms with Gasteiger partial charge in [-0.25, -0.2) is 9.18 Å². The summed E-state index contributed by atoms with van der Waals surface area (Å²) in [6.07, 6.45) is 1.99. The molecule has 2 heterocycles. The van der Waals surface area contributed by atoms with E-state index in [1.165, 1.54) is 12.3 Å². The number of hydrogen-bond acceptors (Lipinski definition) is 4. The lowest BCUT2D eigenvalue weighted by molar-refractivity contribution is -0.0142. The summed E-state index contributed by atoms with van der Waals surface area (Å²) in [6, 6.07) is 1.27. The highest BCUT2D eigenvalue weighted by Crippen LogP contribution is 2.22. The van der Waals surface area contributed by atoms with E-state index in [1.54, 1.807) is 11.8 Å². The number of aryl methyl sites for hydroxylation is 1. The minimum absolute atomic E-state index is 0.0378. The lowest BCUT2D eigenvalue weighted by Crippen LogP contribution is -2.55. The van der Waals surface area contributed by atoms with E-state index in [4.69, 9.17) is 9.47 Å². The van der Waals surface area contributed by atoms with Gasteiger partial charge in [0.2, 0.25) is 0 Å². The van der Waals surface area contributed by atoms with Crippen LogP contribution in [0.5, 0.6) is 5.75 Å². The summed E-state index contributed by atoms with van der Waals surface area (Å²) < 4.78 is 24.2. The third-order valence-electron chi connectivity index (χ3n) is 3.21. The van der Waals surface area contributed by atoms with E-state index in [2.05, 4.69) is 4.98 Å². The van der Waals surface area contributed by atoms with Crippen molar-refractivity contribution in [3.63, 3.8) is 0 Å². The van der Waals surface area contributed by atoms with E-state index in [0.29, 0.717) is 24.6 Å². The number of likely N-dealkylation sites (tertiary alicyclic amines) is 1. The van der Waals surface area contributed by atoms with Crippen molar-refractivity contribution >= 4 is 6.09 Å². The Morgan fingerprint density at radius 3 is 2.76 bits per heavy atom. The maximum absolute atomic E-state index is 13.4. The molecule has 0 aliphatic carbocycles. The molecule has 1 aromatic rings. The Morgan fingerprint density at radius 1 is 1.52 bits per heavy atom. The van der Waals surface area contributed by atoms with Crippen LogP contribution in [0.4, 0.5) is 9.18 Å². The van der Waals surface area contributed by atoms with Gasteiger partial charge in [0.15, 0.2) is 0 Å². The van der Waals surface area contributed by atoms with Crippen molar-refractivity contribution in [2.75, 3.05) is 13.2 Å². The molecule has 1 aliphatic heterocycles. The van der Waals surface area contributed by atoms with Crippen molar-refractivity contribution in [3.05, 3.63) is 23.8 Å². The summed E-state index contributed by atoms with van der Waals surface area (Å²) in [5, 5.41) is 0. The average Bonchev–Trinajstić information content (AvgIpc) is 2.30. The van der Waals surface area contributed by atoms with Gasteiger partial charge in [0.1, 0.15) is 23.8 Å². The standard InChI is InChI=1S/C15H21FN2O3/c1-10-13(16)7-12(8-17-10)20-9-11-5-6-18(11)14(19)21-15(2,3)4/h7-8,11H,5-6,9H2,1-4H3/t11-/m0/s1. The fourth-order valence-corrected chi connectivity index (χ4v) is 1.94. The van der Waals surface area contributed by atoms with Gasteiger partial charge in [-0.05, 0) is 34.1 Å². The highest BCUT2D eigenvalue weighted by Gasteiger charge is 2.35. The van der Waals surface area contributed by atoms with Gasteiger partial charge in [-0.3, -0.25) is 4.98 Å². The second-order valence-electron chi connectivity index (χ2n) is 6.17. The monoisotopic (exact) mass is 296 g/mol. The zero-order valence-corrected chi connectivity index (χ0v) is 12.9. The molecule has 0 spiro atoms. The normalized spacial score (nSPS) is 18.1. The van der Waals surface area contributed by atoms with Crippen LogP contribution in [-0.2, 0) is 4.74 Å². The summed E-state index contributed by atoms with van der Waals surface area (Å²) in [5.41, 5.74) is -0.177. The number of aromatic nitrogens is 1. The molecule has 5 nitrogen and oxygen atoms in total. The molecule has 1 saturated heterocycles. The number of carbonyl (C=O) groups excluding carboxylic acids is 1. The Labute approximate surface area is 124 Å². The Balaban J connectivity index is 1.86. The molecule has 1 atom stereocenters. The second-order valence-corrected chi connectivity index (χ2v) is 6.17. The fraction of sp³-hybridized carbons (Fsp3) is 0.600. The van der Waals surface area contributed by atoms with Crippen LogP contribution in [0, 0.1) is 12.7 Å². The lowest BCUT2D eigenvalue weighted by atomic mass is 10.1. The lowest BCUT2D eigenvalue weighted by Gasteiger charge is -2.40. The maximum atomic E-state index is 13.4. The minimum Gasteiger partial charge on any atom is -0.490 e. The van der Waals surface area contributed by atoms with E-state index in [0.717, 1.165) is 6.42 Å². The largest absolute Gasteiger partial charge is 0.490 e. The van der Waals surface area contributed by atoms with Crippen LogP contribution >= 0.6 is 0 Å². The van der Waals surface area contributed by atoms with Crippen molar-refractivity contribution in [3.8, 4) is 5.75 Å². The van der Waals surface area contributed by atoms with Gasteiger partial charge in [-0.15, -0.1) is 0 Å². The summed E-state index contributed by atoms with van der Waals surface area (Å²) in [5.74, 6) is -0.0285. The first-order valence-corrected chi connectivity index (χ1v) is 7.01. The van der Waals surface area contributed by atoms with Crippen LogP contribution in [0.2, 0.25) is 0 Å². The van der Waals surface area contributed by atoms with Gasteiger partial charge in [0.05, 0.1) is 17.9 Å².